The molecule has 1 rings (SSSR count). The summed E-state index contributed by atoms with van der Waals surface area (Å²) in [5.41, 5.74) is 7.00. The highest BCUT2D eigenvalue weighted by Gasteiger charge is 2.21. The van der Waals surface area contributed by atoms with Crippen molar-refractivity contribution in [1.82, 2.24) is 5.32 Å². The molecule has 1 atom stereocenters. The smallest absolute Gasteiger partial charge is 0.408 e. The highest BCUT2D eigenvalue weighted by Crippen LogP contribution is 2.24. The summed E-state index contributed by atoms with van der Waals surface area (Å²) in [6.07, 6.45) is -0.500. The van der Waals surface area contributed by atoms with Gasteiger partial charge in [0.25, 0.3) is 0 Å². The van der Waals surface area contributed by atoms with Crippen LogP contribution in [0.25, 0.3) is 0 Å². The van der Waals surface area contributed by atoms with E-state index < -0.39 is 11.7 Å². The predicted molar refractivity (Wildman–Crippen MR) is 77.4 cm³/mol. The summed E-state index contributed by atoms with van der Waals surface area (Å²) in [4.78, 5) is 11.7. The van der Waals surface area contributed by atoms with Crippen LogP contribution in [0.4, 0.5) is 4.79 Å². The van der Waals surface area contributed by atoms with Crippen molar-refractivity contribution in [3.05, 3.63) is 34.3 Å². The molecule has 5 heteroatoms. The van der Waals surface area contributed by atoms with Crippen molar-refractivity contribution < 1.29 is 9.53 Å². The van der Waals surface area contributed by atoms with Gasteiger partial charge in [0.2, 0.25) is 0 Å². The summed E-state index contributed by atoms with van der Waals surface area (Å²) in [7, 11) is 0. The monoisotopic (exact) mass is 284 g/mol. The number of hydrogen-bond acceptors (Lipinski definition) is 3. The molecule has 4 nitrogen and oxygen atoms in total. The Morgan fingerprint density at radius 3 is 2.58 bits per heavy atom. The minimum absolute atomic E-state index is 0.252. The SMILES string of the molecule is Cc1ccc(C(CN)NC(=O)OC(C)(C)C)c(Cl)c1. The molecule has 0 aliphatic rings. The van der Waals surface area contributed by atoms with E-state index in [1.54, 1.807) is 0 Å². The van der Waals surface area contributed by atoms with E-state index in [1.807, 2.05) is 45.9 Å². The Morgan fingerprint density at radius 1 is 1.47 bits per heavy atom. The molecule has 0 aromatic heterocycles. The molecule has 0 aliphatic heterocycles. The number of nitrogens with one attached hydrogen (secondary N) is 1. The number of rotatable bonds is 3. The van der Waals surface area contributed by atoms with Crippen LogP contribution in [-0.4, -0.2) is 18.2 Å². The molecule has 1 aromatic carbocycles. The second-order valence-electron chi connectivity index (χ2n) is 5.46. The Morgan fingerprint density at radius 2 is 2.11 bits per heavy atom. The Kier molecular flexibility index (Phi) is 5.20. The Balaban J connectivity index is 2.81. The molecule has 106 valence electrons. The average Bonchev–Trinajstić information content (AvgIpc) is 2.24. The number of alkyl carbamates (subject to hydrolysis) is 1. The van der Waals surface area contributed by atoms with Gasteiger partial charge in [0.15, 0.2) is 0 Å². The Bertz CT molecular complexity index is 455. The van der Waals surface area contributed by atoms with Gasteiger partial charge in [0, 0.05) is 11.6 Å². The van der Waals surface area contributed by atoms with Gasteiger partial charge in [-0.15, -0.1) is 0 Å². The van der Waals surface area contributed by atoms with Crippen LogP contribution in [0.15, 0.2) is 18.2 Å². The van der Waals surface area contributed by atoms with Crippen LogP contribution in [-0.2, 0) is 4.74 Å². The average molecular weight is 285 g/mol. The highest BCUT2D eigenvalue weighted by molar-refractivity contribution is 6.31. The number of carbonyl (C=O) groups excluding carboxylic acids is 1. The molecule has 0 spiro atoms. The minimum atomic E-state index is -0.541. The van der Waals surface area contributed by atoms with Crippen molar-refractivity contribution in [2.24, 2.45) is 5.73 Å². The van der Waals surface area contributed by atoms with Crippen molar-refractivity contribution in [2.75, 3.05) is 6.54 Å². The fourth-order valence-corrected chi connectivity index (χ4v) is 2.00. The molecule has 0 heterocycles. The van der Waals surface area contributed by atoms with Gasteiger partial charge in [0.05, 0.1) is 6.04 Å². The fourth-order valence-electron chi connectivity index (χ4n) is 1.63. The van der Waals surface area contributed by atoms with Gasteiger partial charge in [-0.05, 0) is 44.9 Å². The van der Waals surface area contributed by atoms with Gasteiger partial charge in [0.1, 0.15) is 5.60 Å². The van der Waals surface area contributed by atoms with Crippen LogP contribution in [0.3, 0.4) is 0 Å². The predicted octanol–water partition coefficient (Wildman–Crippen LogP) is 3.17. The third-order valence-corrected chi connectivity index (χ3v) is 2.79. The van der Waals surface area contributed by atoms with E-state index in [4.69, 9.17) is 22.1 Å². The molecule has 3 N–H and O–H groups in total. The van der Waals surface area contributed by atoms with Crippen molar-refractivity contribution in [3.63, 3.8) is 0 Å². The first kappa shape index (κ1) is 15.8. The Hall–Kier alpha value is -1.26. The van der Waals surface area contributed by atoms with E-state index in [0.717, 1.165) is 11.1 Å². The number of carbonyl (C=O) groups is 1. The zero-order valence-electron chi connectivity index (χ0n) is 11.8. The maximum atomic E-state index is 11.7. The zero-order chi connectivity index (χ0) is 14.6. The summed E-state index contributed by atoms with van der Waals surface area (Å²) in [6.45, 7) is 7.63. The molecule has 1 aromatic rings. The van der Waals surface area contributed by atoms with E-state index in [-0.39, 0.29) is 12.6 Å². The second-order valence-corrected chi connectivity index (χ2v) is 5.87. The fraction of sp³-hybridized carbons (Fsp3) is 0.500. The summed E-state index contributed by atoms with van der Waals surface area (Å²) in [5, 5.41) is 3.32. The van der Waals surface area contributed by atoms with Gasteiger partial charge in [-0.1, -0.05) is 23.7 Å². The summed E-state index contributed by atoms with van der Waals surface area (Å²) >= 11 is 6.17. The largest absolute Gasteiger partial charge is 0.444 e. The zero-order valence-corrected chi connectivity index (χ0v) is 12.5. The second kappa shape index (κ2) is 6.26. The van der Waals surface area contributed by atoms with Crippen molar-refractivity contribution in [3.8, 4) is 0 Å². The number of nitrogens with two attached hydrogens (primary N) is 1. The van der Waals surface area contributed by atoms with Crippen molar-refractivity contribution >= 4 is 17.7 Å². The van der Waals surface area contributed by atoms with Crippen molar-refractivity contribution in [1.29, 1.82) is 0 Å². The first-order valence-electron chi connectivity index (χ1n) is 6.18. The number of hydrogen-bond donors (Lipinski definition) is 2. The van der Waals surface area contributed by atoms with Gasteiger partial charge < -0.3 is 15.8 Å². The van der Waals surface area contributed by atoms with Gasteiger partial charge in [-0.25, -0.2) is 4.79 Å². The standard InChI is InChI=1S/C14H21ClN2O2/c1-9-5-6-10(11(15)7-9)12(8-16)17-13(18)19-14(2,3)4/h5-7,12H,8,16H2,1-4H3,(H,17,18). The molecule has 1 unspecified atom stereocenters. The van der Waals surface area contributed by atoms with Crippen LogP contribution in [0.2, 0.25) is 5.02 Å². The number of amides is 1. The number of benzene rings is 1. The van der Waals surface area contributed by atoms with E-state index in [0.29, 0.717) is 5.02 Å². The van der Waals surface area contributed by atoms with Gasteiger partial charge in [-0.2, -0.15) is 0 Å². The molecule has 0 aliphatic carbocycles. The molecule has 0 saturated heterocycles. The lowest BCUT2D eigenvalue weighted by molar-refractivity contribution is 0.0505. The number of aryl methyl sites for hydroxylation is 1. The molecule has 19 heavy (non-hydrogen) atoms. The molecule has 0 fully saturated rings. The lowest BCUT2D eigenvalue weighted by Crippen LogP contribution is -2.37. The normalized spacial score (nSPS) is 12.9. The Labute approximate surface area is 119 Å². The van der Waals surface area contributed by atoms with Crippen molar-refractivity contribution in [2.45, 2.75) is 39.3 Å². The third kappa shape index (κ3) is 5.09. The van der Waals surface area contributed by atoms with E-state index >= 15 is 0 Å². The topological polar surface area (TPSA) is 64.3 Å². The van der Waals surface area contributed by atoms with Crippen LogP contribution in [0.1, 0.15) is 37.9 Å². The van der Waals surface area contributed by atoms with E-state index in [9.17, 15) is 4.79 Å². The summed E-state index contributed by atoms with van der Waals surface area (Å²) in [5.74, 6) is 0. The molecular weight excluding hydrogens is 264 g/mol. The lowest BCUT2D eigenvalue weighted by atomic mass is 10.1. The maximum Gasteiger partial charge on any atom is 0.408 e. The summed E-state index contributed by atoms with van der Waals surface area (Å²) < 4.78 is 5.21. The number of halogens is 1. The molecule has 1 amide bonds. The first-order chi connectivity index (χ1) is 8.73. The van der Waals surface area contributed by atoms with Crippen LogP contribution in [0, 0.1) is 6.92 Å². The van der Waals surface area contributed by atoms with E-state index in [1.165, 1.54) is 0 Å². The van der Waals surface area contributed by atoms with Gasteiger partial charge in [-0.3, -0.25) is 0 Å². The molecule has 0 saturated carbocycles. The first-order valence-corrected chi connectivity index (χ1v) is 6.56. The minimum Gasteiger partial charge on any atom is -0.444 e. The van der Waals surface area contributed by atoms with Crippen LogP contribution >= 0.6 is 11.6 Å². The molecular formula is C14H21ClN2O2. The number of ether oxygens (including phenoxy) is 1. The lowest BCUT2D eigenvalue weighted by Gasteiger charge is -2.23. The van der Waals surface area contributed by atoms with Gasteiger partial charge >= 0.3 is 6.09 Å². The highest BCUT2D eigenvalue weighted by atomic mass is 35.5. The van der Waals surface area contributed by atoms with E-state index in [2.05, 4.69) is 5.32 Å². The molecule has 0 radical (unpaired) electrons. The quantitative estimate of drug-likeness (QED) is 0.896. The molecule has 0 bridgehead atoms. The van der Waals surface area contributed by atoms with Crippen LogP contribution < -0.4 is 11.1 Å². The van der Waals surface area contributed by atoms with Crippen LogP contribution in [0.5, 0.6) is 0 Å². The summed E-state index contributed by atoms with van der Waals surface area (Å²) in [6, 6.07) is 5.28. The maximum absolute atomic E-state index is 11.7. The third-order valence-electron chi connectivity index (χ3n) is 2.46.